The summed E-state index contributed by atoms with van der Waals surface area (Å²) in [5.74, 6) is 0.878. The van der Waals surface area contributed by atoms with E-state index in [-0.39, 0.29) is 0 Å². The van der Waals surface area contributed by atoms with Crippen LogP contribution in [0, 0.1) is 20.8 Å². The number of ether oxygens (including phenoxy) is 1. The Morgan fingerprint density at radius 1 is 1.18 bits per heavy atom. The number of anilines is 1. The Bertz CT molecular complexity index is 558. The topological polar surface area (TPSA) is 35.2 Å². The molecule has 2 N–H and O–H groups in total. The first-order valence-electron chi connectivity index (χ1n) is 5.55. The fourth-order valence-corrected chi connectivity index (χ4v) is 2.96. The van der Waals surface area contributed by atoms with Crippen molar-refractivity contribution in [2.24, 2.45) is 0 Å². The van der Waals surface area contributed by atoms with Crippen molar-refractivity contribution in [1.29, 1.82) is 0 Å². The van der Waals surface area contributed by atoms with E-state index in [1.807, 2.05) is 12.1 Å². The summed E-state index contributed by atoms with van der Waals surface area (Å²) < 4.78 is 5.42. The van der Waals surface area contributed by atoms with E-state index in [9.17, 15) is 0 Å². The SMILES string of the molecule is COc1ccc(C)cc1-c1c(N)sc(C)c1C. The molecule has 0 aliphatic rings. The Hall–Kier alpha value is -1.48. The molecule has 0 radical (unpaired) electrons. The first-order valence-corrected chi connectivity index (χ1v) is 6.36. The molecule has 0 saturated heterocycles. The zero-order valence-corrected chi connectivity index (χ0v) is 11.4. The number of hydrogen-bond acceptors (Lipinski definition) is 3. The van der Waals surface area contributed by atoms with Gasteiger partial charge in [0.2, 0.25) is 0 Å². The molecule has 0 saturated carbocycles. The van der Waals surface area contributed by atoms with Crippen molar-refractivity contribution >= 4 is 16.3 Å². The summed E-state index contributed by atoms with van der Waals surface area (Å²) in [7, 11) is 1.69. The summed E-state index contributed by atoms with van der Waals surface area (Å²) in [4.78, 5) is 1.26. The number of thiophene rings is 1. The summed E-state index contributed by atoms with van der Waals surface area (Å²) in [5.41, 5.74) is 10.8. The lowest BCUT2D eigenvalue weighted by molar-refractivity contribution is 0.416. The first-order chi connectivity index (χ1) is 8.04. The predicted molar refractivity (Wildman–Crippen MR) is 74.9 cm³/mol. The van der Waals surface area contributed by atoms with Gasteiger partial charge in [-0.15, -0.1) is 11.3 Å². The normalized spacial score (nSPS) is 10.6. The number of hydrogen-bond donors (Lipinski definition) is 1. The third kappa shape index (κ3) is 2.03. The molecule has 1 heterocycles. The lowest BCUT2D eigenvalue weighted by atomic mass is 10.00. The van der Waals surface area contributed by atoms with Crippen molar-refractivity contribution < 1.29 is 4.74 Å². The summed E-state index contributed by atoms with van der Waals surface area (Å²) in [6, 6.07) is 6.17. The molecule has 2 rings (SSSR count). The summed E-state index contributed by atoms with van der Waals surface area (Å²) >= 11 is 1.64. The molecule has 0 spiro atoms. The second-order valence-electron chi connectivity index (χ2n) is 4.23. The van der Waals surface area contributed by atoms with Gasteiger partial charge in [-0.1, -0.05) is 11.6 Å². The van der Waals surface area contributed by atoms with Crippen LogP contribution in [0.2, 0.25) is 0 Å². The van der Waals surface area contributed by atoms with E-state index in [2.05, 4.69) is 26.8 Å². The number of aryl methyl sites for hydroxylation is 2. The van der Waals surface area contributed by atoms with Crippen LogP contribution in [-0.4, -0.2) is 7.11 Å². The van der Waals surface area contributed by atoms with Crippen molar-refractivity contribution in [1.82, 2.24) is 0 Å². The highest BCUT2D eigenvalue weighted by molar-refractivity contribution is 7.16. The molecular weight excluding hydrogens is 230 g/mol. The first kappa shape index (κ1) is 12.0. The van der Waals surface area contributed by atoms with E-state index < -0.39 is 0 Å². The number of nitrogens with two attached hydrogens (primary N) is 1. The van der Waals surface area contributed by atoms with Gasteiger partial charge in [-0.05, 0) is 38.5 Å². The van der Waals surface area contributed by atoms with Gasteiger partial charge in [-0.3, -0.25) is 0 Å². The van der Waals surface area contributed by atoms with E-state index in [1.54, 1.807) is 18.4 Å². The van der Waals surface area contributed by atoms with Crippen LogP contribution in [0.3, 0.4) is 0 Å². The monoisotopic (exact) mass is 247 g/mol. The minimum Gasteiger partial charge on any atom is -0.496 e. The third-order valence-electron chi connectivity index (χ3n) is 3.04. The molecule has 1 aromatic carbocycles. The summed E-state index contributed by atoms with van der Waals surface area (Å²) in [6.07, 6.45) is 0. The van der Waals surface area contributed by atoms with Crippen LogP contribution in [0.25, 0.3) is 11.1 Å². The average Bonchev–Trinajstić information content (AvgIpc) is 2.53. The highest BCUT2D eigenvalue weighted by Crippen LogP contribution is 2.42. The zero-order chi connectivity index (χ0) is 12.6. The van der Waals surface area contributed by atoms with Crippen molar-refractivity contribution in [3.63, 3.8) is 0 Å². The van der Waals surface area contributed by atoms with Crippen molar-refractivity contribution in [2.45, 2.75) is 20.8 Å². The number of rotatable bonds is 2. The van der Waals surface area contributed by atoms with E-state index >= 15 is 0 Å². The van der Waals surface area contributed by atoms with Gasteiger partial charge in [0.15, 0.2) is 0 Å². The fourth-order valence-electron chi connectivity index (χ4n) is 2.01. The molecule has 17 heavy (non-hydrogen) atoms. The van der Waals surface area contributed by atoms with Gasteiger partial charge in [-0.2, -0.15) is 0 Å². The number of methoxy groups -OCH3 is 1. The van der Waals surface area contributed by atoms with Gasteiger partial charge in [0.1, 0.15) is 5.75 Å². The fraction of sp³-hybridized carbons (Fsp3) is 0.286. The number of benzene rings is 1. The molecule has 0 amide bonds. The van der Waals surface area contributed by atoms with E-state index in [4.69, 9.17) is 10.5 Å². The van der Waals surface area contributed by atoms with Gasteiger partial charge in [0.25, 0.3) is 0 Å². The van der Waals surface area contributed by atoms with Gasteiger partial charge in [0, 0.05) is 16.0 Å². The molecule has 2 nitrogen and oxygen atoms in total. The van der Waals surface area contributed by atoms with Crippen LogP contribution >= 0.6 is 11.3 Å². The van der Waals surface area contributed by atoms with Crippen LogP contribution in [0.4, 0.5) is 5.00 Å². The third-order valence-corrected chi connectivity index (χ3v) is 4.07. The van der Waals surface area contributed by atoms with Gasteiger partial charge < -0.3 is 10.5 Å². The molecule has 0 atom stereocenters. The van der Waals surface area contributed by atoms with E-state index in [0.717, 1.165) is 21.9 Å². The quantitative estimate of drug-likeness (QED) is 0.872. The Balaban J connectivity index is 2.71. The Morgan fingerprint density at radius 3 is 2.41 bits per heavy atom. The maximum Gasteiger partial charge on any atom is 0.126 e. The Morgan fingerprint density at radius 2 is 1.88 bits per heavy atom. The molecule has 0 unspecified atom stereocenters. The molecule has 90 valence electrons. The van der Waals surface area contributed by atoms with Crippen molar-refractivity contribution in [3.8, 4) is 16.9 Å². The lowest BCUT2D eigenvalue weighted by Crippen LogP contribution is -1.92. The van der Waals surface area contributed by atoms with Crippen LogP contribution in [0.1, 0.15) is 16.0 Å². The minimum atomic E-state index is 0.865. The van der Waals surface area contributed by atoms with Gasteiger partial charge in [-0.25, -0.2) is 0 Å². The van der Waals surface area contributed by atoms with Crippen molar-refractivity contribution in [2.75, 3.05) is 12.8 Å². The van der Waals surface area contributed by atoms with E-state index in [0.29, 0.717) is 0 Å². The highest BCUT2D eigenvalue weighted by Gasteiger charge is 2.15. The van der Waals surface area contributed by atoms with Crippen molar-refractivity contribution in [3.05, 3.63) is 34.2 Å². The maximum absolute atomic E-state index is 6.11. The Labute approximate surface area is 106 Å². The molecular formula is C14H17NOS. The summed E-state index contributed by atoms with van der Waals surface area (Å²) in [6.45, 7) is 6.29. The largest absolute Gasteiger partial charge is 0.496 e. The second kappa shape index (κ2) is 4.41. The smallest absolute Gasteiger partial charge is 0.126 e. The molecule has 0 bridgehead atoms. The van der Waals surface area contributed by atoms with E-state index in [1.165, 1.54) is 16.0 Å². The standard InChI is InChI=1S/C14H17NOS/c1-8-5-6-12(16-4)11(7-8)13-9(2)10(3)17-14(13)15/h5-7H,15H2,1-4H3. The molecule has 0 fully saturated rings. The maximum atomic E-state index is 6.11. The zero-order valence-electron chi connectivity index (χ0n) is 10.6. The number of nitrogen functional groups attached to an aromatic ring is 1. The predicted octanol–water partition coefficient (Wildman–Crippen LogP) is 3.93. The Kier molecular flexibility index (Phi) is 3.11. The van der Waals surface area contributed by atoms with Crippen LogP contribution in [0.5, 0.6) is 5.75 Å². The van der Waals surface area contributed by atoms with Gasteiger partial charge >= 0.3 is 0 Å². The molecule has 1 aromatic heterocycles. The van der Waals surface area contributed by atoms with Crippen LogP contribution in [0.15, 0.2) is 18.2 Å². The second-order valence-corrected chi connectivity index (χ2v) is 5.48. The minimum absolute atomic E-state index is 0.865. The average molecular weight is 247 g/mol. The molecule has 0 aliphatic carbocycles. The van der Waals surface area contributed by atoms with Crippen LogP contribution < -0.4 is 10.5 Å². The lowest BCUT2D eigenvalue weighted by Gasteiger charge is -2.10. The molecule has 3 heteroatoms. The highest BCUT2D eigenvalue weighted by atomic mass is 32.1. The van der Waals surface area contributed by atoms with Crippen LogP contribution in [-0.2, 0) is 0 Å². The molecule has 2 aromatic rings. The molecule has 0 aliphatic heterocycles. The van der Waals surface area contributed by atoms with Gasteiger partial charge in [0.05, 0.1) is 12.1 Å². The summed E-state index contributed by atoms with van der Waals surface area (Å²) in [5, 5.41) is 0.865.